The van der Waals surface area contributed by atoms with Crippen molar-refractivity contribution in [1.29, 1.82) is 0 Å². The van der Waals surface area contributed by atoms with Crippen LogP contribution in [0.5, 0.6) is 5.75 Å². The van der Waals surface area contributed by atoms with Crippen molar-refractivity contribution in [2.24, 2.45) is 0 Å². The van der Waals surface area contributed by atoms with Crippen LogP contribution in [0.1, 0.15) is 12.7 Å². The van der Waals surface area contributed by atoms with Gasteiger partial charge in [-0.05, 0) is 43.3 Å². The normalized spacial score (nSPS) is 11.8. The second-order valence-electron chi connectivity index (χ2n) is 6.11. The molecule has 0 N–H and O–H groups in total. The van der Waals surface area contributed by atoms with Crippen molar-refractivity contribution in [2.45, 2.75) is 19.4 Å². The Kier molecular flexibility index (Phi) is 5.80. The first-order valence-electron chi connectivity index (χ1n) is 8.58. The summed E-state index contributed by atoms with van der Waals surface area (Å²) in [4.78, 5) is 18.3. The zero-order valence-corrected chi connectivity index (χ0v) is 15.1. The molecule has 0 spiro atoms. The molecule has 0 fully saturated rings. The van der Waals surface area contributed by atoms with Gasteiger partial charge in [-0.25, -0.2) is 4.39 Å². The number of likely N-dealkylation sites (N-methyl/N-ethyl adjacent to an activating group) is 1. The van der Waals surface area contributed by atoms with E-state index in [0.717, 1.165) is 0 Å². The van der Waals surface area contributed by atoms with E-state index in [1.165, 1.54) is 12.1 Å². The fourth-order valence-corrected chi connectivity index (χ4v) is 2.51. The Morgan fingerprint density at radius 3 is 2.59 bits per heavy atom. The maximum absolute atomic E-state index is 13.0. The molecule has 1 heterocycles. The smallest absolute Gasteiger partial charge is 0.263 e. The third kappa shape index (κ3) is 4.91. The summed E-state index contributed by atoms with van der Waals surface area (Å²) in [5.74, 6) is 0.978. The number of carbonyl (C=O) groups is 1. The van der Waals surface area contributed by atoms with Crippen molar-refractivity contribution in [3.8, 4) is 17.2 Å². The van der Waals surface area contributed by atoms with Crippen LogP contribution in [0.3, 0.4) is 0 Å². The number of hydrogen-bond acceptors (Lipinski definition) is 5. The molecule has 2 aromatic carbocycles. The van der Waals surface area contributed by atoms with Crippen LogP contribution in [-0.4, -0.2) is 40.6 Å². The van der Waals surface area contributed by atoms with Crippen LogP contribution in [0.4, 0.5) is 4.39 Å². The molecule has 7 heteroatoms. The largest absolute Gasteiger partial charge is 0.481 e. The lowest BCUT2D eigenvalue weighted by molar-refractivity contribution is -0.136. The Morgan fingerprint density at radius 1 is 1.19 bits per heavy atom. The minimum atomic E-state index is -0.600. The fraction of sp³-hybridized carbons (Fsp3) is 0.250. The first-order valence-corrected chi connectivity index (χ1v) is 8.58. The number of nitrogens with zero attached hydrogens (tertiary/aromatic N) is 3. The molecule has 1 unspecified atom stereocenters. The molecule has 3 rings (SSSR count). The van der Waals surface area contributed by atoms with Crippen LogP contribution >= 0.6 is 0 Å². The third-order valence-corrected chi connectivity index (χ3v) is 4.01. The molecule has 0 saturated heterocycles. The molecule has 3 aromatic rings. The number of carbonyl (C=O) groups excluding carboxylic acids is 1. The van der Waals surface area contributed by atoms with E-state index >= 15 is 0 Å². The van der Waals surface area contributed by atoms with E-state index in [9.17, 15) is 9.18 Å². The Hall–Kier alpha value is -3.22. The second kappa shape index (κ2) is 8.44. The summed E-state index contributed by atoms with van der Waals surface area (Å²) in [6, 6.07) is 15.0. The highest BCUT2D eigenvalue weighted by Gasteiger charge is 2.20. The molecule has 1 atom stereocenters. The molecule has 0 aliphatic heterocycles. The molecule has 1 aromatic heterocycles. The maximum atomic E-state index is 13.0. The van der Waals surface area contributed by atoms with Gasteiger partial charge >= 0.3 is 0 Å². The highest BCUT2D eigenvalue weighted by molar-refractivity contribution is 5.80. The van der Waals surface area contributed by atoms with E-state index < -0.39 is 6.10 Å². The maximum Gasteiger partial charge on any atom is 0.263 e. The van der Waals surface area contributed by atoms with E-state index in [0.29, 0.717) is 36.0 Å². The van der Waals surface area contributed by atoms with Gasteiger partial charge in [0.25, 0.3) is 11.8 Å². The molecule has 140 valence electrons. The SMILES string of the molecule is CC(Oc1ccccc1)C(=O)N(C)CCc1noc(-c2ccc(F)cc2)n1. The number of rotatable bonds is 7. The minimum Gasteiger partial charge on any atom is -0.481 e. The number of aromatic nitrogens is 2. The van der Waals surface area contributed by atoms with E-state index in [-0.39, 0.29) is 11.7 Å². The topological polar surface area (TPSA) is 68.5 Å². The molecule has 6 nitrogen and oxygen atoms in total. The Morgan fingerprint density at radius 2 is 1.89 bits per heavy atom. The highest BCUT2D eigenvalue weighted by atomic mass is 19.1. The van der Waals surface area contributed by atoms with Crippen LogP contribution in [0.25, 0.3) is 11.5 Å². The monoisotopic (exact) mass is 369 g/mol. The first kappa shape index (κ1) is 18.6. The predicted octanol–water partition coefficient (Wildman–Crippen LogP) is 3.34. The number of benzene rings is 2. The number of hydrogen-bond donors (Lipinski definition) is 0. The van der Waals surface area contributed by atoms with E-state index in [1.54, 1.807) is 43.1 Å². The van der Waals surface area contributed by atoms with Crippen LogP contribution in [-0.2, 0) is 11.2 Å². The number of amides is 1. The highest BCUT2D eigenvalue weighted by Crippen LogP contribution is 2.17. The molecule has 0 radical (unpaired) electrons. The fourth-order valence-electron chi connectivity index (χ4n) is 2.51. The predicted molar refractivity (Wildman–Crippen MR) is 97.6 cm³/mol. The zero-order valence-electron chi connectivity index (χ0n) is 15.1. The standard InChI is InChI=1S/C20H20FN3O3/c1-14(26-17-6-4-3-5-7-17)20(25)24(2)13-12-18-22-19(27-23-18)15-8-10-16(21)11-9-15/h3-11,14H,12-13H2,1-2H3. The van der Waals surface area contributed by atoms with Gasteiger partial charge in [-0.15, -0.1) is 0 Å². The molecule has 0 saturated carbocycles. The Bertz CT molecular complexity index is 881. The lowest BCUT2D eigenvalue weighted by atomic mass is 10.2. The van der Waals surface area contributed by atoms with Gasteiger partial charge in [-0.1, -0.05) is 23.4 Å². The van der Waals surface area contributed by atoms with Gasteiger partial charge in [0, 0.05) is 25.6 Å². The summed E-state index contributed by atoms with van der Waals surface area (Å²) < 4.78 is 23.8. The van der Waals surface area contributed by atoms with Crippen molar-refractivity contribution in [3.05, 3.63) is 66.2 Å². The van der Waals surface area contributed by atoms with Gasteiger partial charge < -0.3 is 14.2 Å². The summed E-state index contributed by atoms with van der Waals surface area (Å²) in [5.41, 5.74) is 0.643. The van der Waals surface area contributed by atoms with Crippen LogP contribution < -0.4 is 4.74 Å². The van der Waals surface area contributed by atoms with Gasteiger partial charge in [-0.2, -0.15) is 4.98 Å². The van der Waals surface area contributed by atoms with Gasteiger partial charge in [-0.3, -0.25) is 4.79 Å². The quantitative estimate of drug-likeness (QED) is 0.639. The molecule has 1 amide bonds. The molecular formula is C20H20FN3O3. The van der Waals surface area contributed by atoms with Crippen LogP contribution in [0.15, 0.2) is 59.1 Å². The average molecular weight is 369 g/mol. The lowest BCUT2D eigenvalue weighted by Gasteiger charge is -2.21. The van der Waals surface area contributed by atoms with Crippen molar-refractivity contribution in [3.63, 3.8) is 0 Å². The average Bonchev–Trinajstić information content (AvgIpc) is 3.16. The summed E-state index contributed by atoms with van der Waals surface area (Å²) in [6.45, 7) is 2.14. The van der Waals surface area contributed by atoms with Gasteiger partial charge in [0.05, 0.1) is 0 Å². The van der Waals surface area contributed by atoms with Crippen LogP contribution in [0, 0.1) is 5.82 Å². The van der Waals surface area contributed by atoms with Crippen molar-refractivity contribution < 1.29 is 18.4 Å². The van der Waals surface area contributed by atoms with Crippen molar-refractivity contribution >= 4 is 5.91 Å². The second-order valence-corrected chi connectivity index (χ2v) is 6.11. The van der Waals surface area contributed by atoms with E-state index in [2.05, 4.69) is 10.1 Å². The summed E-state index contributed by atoms with van der Waals surface area (Å²) in [7, 11) is 1.70. The number of para-hydroxylation sites is 1. The minimum absolute atomic E-state index is 0.138. The van der Waals surface area contributed by atoms with Gasteiger partial charge in [0.2, 0.25) is 0 Å². The third-order valence-electron chi connectivity index (χ3n) is 4.01. The van der Waals surface area contributed by atoms with Crippen molar-refractivity contribution in [1.82, 2.24) is 15.0 Å². The van der Waals surface area contributed by atoms with Crippen molar-refractivity contribution in [2.75, 3.05) is 13.6 Å². The summed E-state index contributed by atoms with van der Waals surface area (Å²) in [6.07, 6.45) is -0.164. The van der Waals surface area contributed by atoms with Crippen LogP contribution in [0.2, 0.25) is 0 Å². The van der Waals surface area contributed by atoms with E-state index in [1.807, 2.05) is 18.2 Å². The Labute approximate surface area is 156 Å². The first-order chi connectivity index (χ1) is 13.0. The molecule has 27 heavy (non-hydrogen) atoms. The molecule has 0 bridgehead atoms. The number of ether oxygens (including phenoxy) is 1. The van der Waals surface area contributed by atoms with Gasteiger partial charge in [0.15, 0.2) is 11.9 Å². The van der Waals surface area contributed by atoms with E-state index in [4.69, 9.17) is 9.26 Å². The lowest BCUT2D eigenvalue weighted by Crippen LogP contribution is -2.39. The Balaban J connectivity index is 1.53. The molecule has 0 aliphatic carbocycles. The summed E-state index contributed by atoms with van der Waals surface area (Å²) in [5, 5.41) is 3.91. The molecular weight excluding hydrogens is 349 g/mol. The zero-order chi connectivity index (χ0) is 19.2. The van der Waals surface area contributed by atoms with Gasteiger partial charge in [0.1, 0.15) is 11.6 Å². The molecule has 0 aliphatic rings. The summed E-state index contributed by atoms with van der Waals surface area (Å²) >= 11 is 0. The number of halogens is 1.